The van der Waals surface area contributed by atoms with Gasteiger partial charge in [0.25, 0.3) is 0 Å². The molecule has 116 valence electrons. The summed E-state index contributed by atoms with van der Waals surface area (Å²) >= 11 is 0. The van der Waals surface area contributed by atoms with Crippen LogP contribution in [0, 0.1) is 11.3 Å². The molecular formula is C21H16N2O. The summed E-state index contributed by atoms with van der Waals surface area (Å²) in [7, 11) is 1.62. The lowest BCUT2D eigenvalue weighted by atomic mass is 9.93. The monoisotopic (exact) mass is 312 g/mol. The van der Waals surface area contributed by atoms with Crippen LogP contribution in [0.3, 0.4) is 0 Å². The molecule has 0 fully saturated rings. The Morgan fingerprint density at radius 2 is 1.58 bits per heavy atom. The molecule has 0 unspecified atom stereocenters. The zero-order chi connectivity index (χ0) is 16.8. The fraction of sp³-hybridized carbons (Fsp3) is 0.0476. The number of hydrogen-bond donors (Lipinski definition) is 0. The van der Waals surface area contributed by atoms with Gasteiger partial charge < -0.3 is 4.74 Å². The highest BCUT2D eigenvalue weighted by Gasteiger charge is 2.14. The van der Waals surface area contributed by atoms with E-state index < -0.39 is 0 Å². The van der Waals surface area contributed by atoms with Crippen LogP contribution in [0.15, 0.2) is 79.0 Å². The summed E-state index contributed by atoms with van der Waals surface area (Å²) in [4.78, 5) is 4.45. The van der Waals surface area contributed by atoms with Crippen molar-refractivity contribution in [2.45, 2.75) is 0 Å². The number of methoxy groups -OCH3 is 1. The van der Waals surface area contributed by atoms with Crippen molar-refractivity contribution >= 4 is 11.1 Å². The molecule has 0 N–H and O–H groups in total. The van der Waals surface area contributed by atoms with Crippen LogP contribution >= 0.6 is 0 Å². The number of aromatic nitrogens is 1. The van der Waals surface area contributed by atoms with Crippen LogP contribution in [0.5, 0.6) is 5.75 Å². The third-order valence-electron chi connectivity index (χ3n) is 3.72. The minimum absolute atomic E-state index is 0.586. The normalized spacial score (nSPS) is 11.3. The van der Waals surface area contributed by atoms with E-state index in [4.69, 9.17) is 4.74 Å². The van der Waals surface area contributed by atoms with Crippen LogP contribution in [0.2, 0.25) is 0 Å². The Morgan fingerprint density at radius 3 is 2.17 bits per heavy atom. The van der Waals surface area contributed by atoms with E-state index in [0.717, 1.165) is 28.1 Å². The van der Waals surface area contributed by atoms with Crippen molar-refractivity contribution in [1.29, 1.82) is 5.26 Å². The molecule has 3 aromatic rings. The number of rotatable bonds is 4. The van der Waals surface area contributed by atoms with E-state index in [-0.39, 0.29) is 0 Å². The average molecular weight is 312 g/mol. The largest absolute Gasteiger partial charge is 0.497 e. The molecule has 0 amide bonds. The van der Waals surface area contributed by atoms with Gasteiger partial charge in [0.15, 0.2) is 0 Å². The van der Waals surface area contributed by atoms with Crippen molar-refractivity contribution < 1.29 is 4.74 Å². The first kappa shape index (κ1) is 15.5. The number of benzene rings is 2. The summed E-state index contributed by atoms with van der Waals surface area (Å²) < 4.78 is 5.20. The maximum atomic E-state index is 9.83. The van der Waals surface area contributed by atoms with E-state index in [2.05, 4.69) is 11.1 Å². The molecular weight excluding hydrogens is 296 g/mol. The fourth-order valence-corrected chi connectivity index (χ4v) is 2.56. The number of ether oxygens (including phenoxy) is 1. The van der Waals surface area contributed by atoms with Crippen LogP contribution in [0.25, 0.3) is 11.1 Å². The van der Waals surface area contributed by atoms with Crippen molar-refractivity contribution in [1.82, 2.24) is 4.98 Å². The first-order valence-electron chi connectivity index (χ1n) is 7.59. The fourth-order valence-electron chi connectivity index (χ4n) is 2.56. The lowest BCUT2D eigenvalue weighted by Crippen LogP contribution is -1.96. The second-order valence-electron chi connectivity index (χ2n) is 5.17. The van der Waals surface area contributed by atoms with E-state index >= 15 is 0 Å². The quantitative estimate of drug-likeness (QED) is 0.523. The van der Waals surface area contributed by atoms with Gasteiger partial charge in [0.1, 0.15) is 11.8 Å². The molecule has 3 rings (SSSR count). The molecule has 0 radical (unpaired) electrons. The zero-order valence-electron chi connectivity index (χ0n) is 13.3. The second-order valence-corrected chi connectivity index (χ2v) is 5.17. The van der Waals surface area contributed by atoms with Crippen molar-refractivity contribution in [3.05, 3.63) is 95.8 Å². The van der Waals surface area contributed by atoms with Gasteiger partial charge in [-0.2, -0.15) is 5.26 Å². The number of nitriles is 1. The third-order valence-corrected chi connectivity index (χ3v) is 3.72. The van der Waals surface area contributed by atoms with Crippen molar-refractivity contribution in [3.63, 3.8) is 0 Å². The Kier molecular flexibility index (Phi) is 4.69. The summed E-state index contributed by atoms with van der Waals surface area (Å²) in [5.74, 6) is 0.759. The van der Waals surface area contributed by atoms with Crippen LogP contribution in [-0.2, 0) is 0 Å². The predicted octanol–water partition coefficient (Wildman–Crippen LogP) is 4.57. The minimum Gasteiger partial charge on any atom is -0.497 e. The van der Waals surface area contributed by atoms with Crippen LogP contribution in [0.1, 0.15) is 16.8 Å². The van der Waals surface area contributed by atoms with Gasteiger partial charge in [0.05, 0.1) is 18.4 Å². The molecule has 0 atom stereocenters. The highest BCUT2D eigenvalue weighted by molar-refractivity contribution is 6.02. The number of allylic oxidation sites excluding steroid dienone is 1. The lowest BCUT2D eigenvalue weighted by molar-refractivity contribution is 0.415. The third kappa shape index (κ3) is 3.18. The van der Waals surface area contributed by atoms with Gasteiger partial charge in [0.2, 0.25) is 0 Å². The molecule has 0 aliphatic heterocycles. The van der Waals surface area contributed by atoms with E-state index in [9.17, 15) is 5.26 Å². The van der Waals surface area contributed by atoms with Crippen molar-refractivity contribution in [3.8, 4) is 11.8 Å². The highest BCUT2D eigenvalue weighted by atomic mass is 16.5. The summed E-state index contributed by atoms with van der Waals surface area (Å²) in [6, 6.07) is 25.4. The first-order valence-corrected chi connectivity index (χ1v) is 7.59. The van der Waals surface area contributed by atoms with Gasteiger partial charge in [-0.25, -0.2) is 0 Å². The number of nitrogens with zero attached hydrogens (tertiary/aromatic N) is 2. The molecule has 0 bridgehead atoms. The Morgan fingerprint density at radius 1 is 0.875 bits per heavy atom. The molecule has 0 aliphatic rings. The molecule has 0 saturated carbocycles. The van der Waals surface area contributed by atoms with Crippen LogP contribution < -0.4 is 4.74 Å². The van der Waals surface area contributed by atoms with Gasteiger partial charge in [-0.15, -0.1) is 0 Å². The van der Waals surface area contributed by atoms with Gasteiger partial charge in [-0.1, -0.05) is 36.4 Å². The Hall–Kier alpha value is -3.38. The molecule has 3 nitrogen and oxygen atoms in total. The lowest BCUT2D eigenvalue weighted by Gasteiger charge is -2.11. The Labute approximate surface area is 141 Å². The van der Waals surface area contributed by atoms with Crippen molar-refractivity contribution in [2.24, 2.45) is 0 Å². The van der Waals surface area contributed by atoms with Gasteiger partial charge in [-0.3, -0.25) is 4.98 Å². The van der Waals surface area contributed by atoms with E-state index in [0.29, 0.717) is 5.57 Å². The summed E-state index contributed by atoms with van der Waals surface area (Å²) in [6.07, 6.45) is 1.74. The molecule has 0 aliphatic carbocycles. The summed E-state index contributed by atoms with van der Waals surface area (Å²) in [6.45, 7) is 0. The topological polar surface area (TPSA) is 45.9 Å². The van der Waals surface area contributed by atoms with E-state index in [1.54, 1.807) is 13.3 Å². The predicted molar refractivity (Wildman–Crippen MR) is 95.2 cm³/mol. The van der Waals surface area contributed by atoms with E-state index in [1.165, 1.54) is 0 Å². The van der Waals surface area contributed by atoms with Gasteiger partial charge >= 0.3 is 0 Å². The molecule has 1 aromatic heterocycles. The average Bonchev–Trinajstić information content (AvgIpc) is 2.67. The number of hydrogen-bond acceptors (Lipinski definition) is 3. The van der Waals surface area contributed by atoms with Crippen molar-refractivity contribution in [2.75, 3.05) is 7.11 Å². The maximum Gasteiger partial charge on any atom is 0.118 e. The standard InChI is InChI=1S/C21H16N2O/c1-24-18-12-10-16(11-13-18)19(15-22)21(17-7-3-2-4-8-17)20-9-5-6-14-23-20/h2-14H,1H3/b21-19+. The molecule has 2 aromatic carbocycles. The number of pyridine rings is 1. The highest BCUT2D eigenvalue weighted by Crippen LogP contribution is 2.31. The molecule has 0 spiro atoms. The maximum absolute atomic E-state index is 9.83. The summed E-state index contributed by atoms with van der Waals surface area (Å²) in [5.41, 5.74) is 3.98. The van der Waals surface area contributed by atoms with Gasteiger partial charge in [0, 0.05) is 11.8 Å². The molecule has 0 saturated heterocycles. The summed E-state index contributed by atoms with van der Waals surface area (Å²) in [5, 5.41) is 9.83. The Bertz CT molecular complexity index is 835. The zero-order valence-corrected chi connectivity index (χ0v) is 13.3. The SMILES string of the molecule is COc1ccc(/C(C#N)=C(\c2ccccc2)c2ccccn2)cc1. The molecule has 24 heavy (non-hydrogen) atoms. The molecule has 1 heterocycles. The second kappa shape index (κ2) is 7.26. The smallest absolute Gasteiger partial charge is 0.118 e. The first-order chi connectivity index (χ1) is 11.8. The Balaban J connectivity index is 2.24. The minimum atomic E-state index is 0.586. The van der Waals surface area contributed by atoms with Crippen LogP contribution in [0.4, 0.5) is 0 Å². The van der Waals surface area contributed by atoms with Gasteiger partial charge in [-0.05, 0) is 47.5 Å². The van der Waals surface area contributed by atoms with Crippen LogP contribution in [-0.4, -0.2) is 12.1 Å². The molecule has 3 heteroatoms. The van der Waals surface area contributed by atoms with E-state index in [1.807, 2.05) is 72.8 Å².